The molecule has 2 aromatic carbocycles. The molecule has 0 heterocycles. The SMILES string of the molecule is Cl.Clc1ccc(COc2cccc(CNC3CCCC3)c2)c(Cl)c1. The molecule has 1 N–H and O–H groups in total. The van der Waals surface area contributed by atoms with E-state index in [4.69, 9.17) is 27.9 Å². The van der Waals surface area contributed by atoms with Crippen molar-refractivity contribution in [3.8, 4) is 5.75 Å². The zero-order valence-electron chi connectivity index (χ0n) is 13.4. The number of hydrogen-bond acceptors (Lipinski definition) is 2. The van der Waals surface area contributed by atoms with E-state index in [0.717, 1.165) is 17.9 Å². The molecule has 0 bridgehead atoms. The van der Waals surface area contributed by atoms with Gasteiger partial charge in [0.25, 0.3) is 0 Å². The summed E-state index contributed by atoms with van der Waals surface area (Å²) in [6.45, 7) is 1.33. The predicted octanol–water partition coefficient (Wildman–Crippen LogP) is 6.03. The molecule has 0 spiro atoms. The molecule has 1 aliphatic carbocycles. The van der Waals surface area contributed by atoms with Crippen molar-refractivity contribution in [1.29, 1.82) is 0 Å². The first-order chi connectivity index (χ1) is 11.2. The maximum absolute atomic E-state index is 6.17. The maximum atomic E-state index is 6.17. The molecule has 2 aromatic rings. The lowest BCUT2D eigenvalue weighted by molar-refractivity contribution is 0.306. The highest BCUT2D eigenvalue weighted by molar-refractivity contribution is 6.35. The minimum absolute atomic E-state index is 0. The van der Waals surface area contributed by atoms with Crippen LogP contribution in [0.1, 0.15) is 36.8 Å². The van der Waals surface area contributed by atoms with Crippen LogP contribution < -0.4 is 10.1 Å². The molecule has 1 saturated carbocycles. The number of rotatable bonds is 6. The topological polar surface area (TPSA) is 21.3 Å². The van der Waals surface area contributed by atoms with Crippen LogP contribution in [0.15, 0.2) is 42.5 Å². The van der Waals surface area contributed by atoms with Crippen LogP contribution in [0, 0.1) is 0 Å². The van der Waals surface area contributed by atoms with Crippen LogP contribution >= 0.6 is 35.6 Å². The third-order valence-electron chi connectivity index (χ3n) is 4.26. The first kappa shape index (κ1) is 19.4. The second-order valence-corrected chi connectivity index (χ2v) is 6.88. The standard InChI is InChI=1S/C19H21Cl2NO.ClH/c20-16-9-8-15(19(21)11-16)13-23-18-7-3-4-14(10-18)12-22-17-5-1-2-6-17;/h3-4,7-11,17,22H,1-2,5-6,12-13H2;1H. The van der Waals surface area contributed by atoms with Crippen molar-refractivity contribution < 1.29 is 4.74 Å². The third-order valence-corrected chi connectivity index (χ3v) is 4.84. The molecule has 0 atom stereocenters. The van der Waals surface area contributed by atoms with Gasteiger partial charge in [-0.05, 0) is 42.7 Å². The third kappa shape index (κ3) is 5.56. The van der Waals surface area contributed by atoms with Gasteiger partial charge in [-0.3, -0.25) is 0 Å². The first-order valence-electron chi connectivity index (χ1n) is 8.10. The Morgan fingerprint density at radius 2 is 1.83 bits per heavy atom. The summed E-state index contributed by atoms with van der Waals surface area (Å²) in [5, 5.41) is 4.90. The number of benzene rings is 2. The summed E-state index contributed by atoms with van der Waals surface area (Å²) in [4.78, 5) is 0. The Bertz CT molecular complexity index is 657. The monoisotopic (exact) mass is 385 g/mol. The Morgan fingerprint density at radius 1 is 1.04 bits per heavy atom. The van der Waals surface area contributed by atoms with Gasteiger partial charge >= 0.3 is 0 Å². The van der Waals surface area contributed by atoms with Crippen molar-refractivity contribution in [3.05, 3.63) is 63.6 Å². The predicted molar refractivity (Wildman–Crippen MR) is 104 cm³/mol. The van der Waals surface area contributed by atoms with Gasteiger partial charge in [0, 0.05) is 28.2 Å². The fourth-order valence-electron chi connectivity index (χ4n) is 2.94. The molecule has 0 unspecified atom stereocenters. The van der Waals surface area contributed by atoms with Gasteiger partial charge in [0.05, 0.1) is 0 Å². The van der Waals surface area contributed by atoms with Crippen LogP contribution in [0.2, 0.25) is 10.0 Å². The Labute approximate surface area is 159 Å². The second-order valence-electron chi connectivity index (χ2n) is 6.03. The van der Waals surface area contributed by atoms with Crippen molar-refractivity contribution in [2.45, 2.75) is 44.9 Å². The molecule has 0 aliphatic heterocycles. The lowest BCUT2D eigenvalue weighted by atomic mass is 10.2. The smallest absolute Gasteiger partial charge is 0.120 e. The largest absolute Gasteiger partial charge is 0.489 e. The Kier molecular flexibility index (Phi) is 7.70. The summed E-state index contributed by atoms with van der Waals surface area (Å²) in [5.74, 6) is 0.863. The molecule has 2 nitrogen and oxygen atoms in total. The summed E-state index contributed by atoms with van der Waals surface area (Å²) >= 11 is 12.1. The number of ether oxygens (including phenoxy) is 1. The summed E-state index contributed by atoms with van der Waals surface area (Å²) in [5.41, 5.74) is 2.18. The average Bonchev–Trinajstić information content (AvgIpc) is 3.06. The summed E-state index contributed by atoms with van der Waals surface area (Å²) < 4.78 is 5.87. The van der Waals surface area contributed by atoms with Gasteiger partial charge < -0.3 is 10.1 Å². The van der Waals surface area contributed by atoms with Crippen LogP contribution in [0.5, 0.6) is 5.75 Å². The molecule has 0 saturated heterocycles. The first-order valence-corrected chi connectivity index (χ1v) is 8.85. The van der Waals surface area contributed by atoms with Gasteiger partial charge in [-0.2, -0.15) is 0 Å². The van der Waals surface area contributed by atoms with E-state index in [-0.39, 0.29) is 12.4 Å². The minimum Gasteiger partial charge on any atom is -0.489 e. The van der Waals surface area contributed by atoms with Crippen molar-refractivity contribution in [2.75, 3.05) is 0 Å². The molecule has 0 amide bonds. The van der Waals surface area contributed by atoms with Crippen LogP contribution in [0.25, 0.3) is 0 Å². The van der Waals surface area contributed by atoms with Gasteiger partial charge in [0.2, 0.25) is 0 Å². The maximum Gasteiger partial charge on any atom is 0.120 e. The highest BCUT2D eigenvalue weighted by atomic mass is 35.5. The van der Waals surface area contributed by atoms with Gasteiger partial charge in [-0.25, -0.2) is 0 Å². The molecular formula is C19H22Cl3NO. The van der Waals surface area contributed by atoms with Crippen LogP contribution in [-0.4, -0.2) is 6.04 Å². The Balaban J connectivity index is 0.00000208. The summed E-state index contributed by atoms with van der Waals surface area (Å²) in [7, 11) is 0. The lowest BCUT2D eigenvalue weighted by Crippen LogP contribution is -2.25. The fraction of sp³-hybridized carbons (Fsp3) is 0.368. The normalized spacial score (nSPS) is 14.4. The van der Waals surface area contributed by atoms with Crippen LogP contribution in [-0.2, 0) is 13.2 Å². The average molecular weight is 387 g/mol. The highest BCUT2D eigenvalue weighted by Gasteiger charge is 2.13. The van der Waals surface area contributed by atoms with E-state index >= 15 is 0 Å². The molecule has 5 heteroatoms. The molecular weight excluding hydrogens is 365 g/mol. The summed E-state index contributed by atoms with van der Waals surface area (Å²) in [6, 6.07) is 14.4. The van der Waals surface area contributed by atoms with E-state index in [9.17, 15) is 0 Å². The van der Waals surface area contributed by atoms with Gasteiger partial charge in [-0.15, -0.1) is 12.4 Å². The molecule has 1 aliphatic rings. The number of hydrogen-bond donors (Lipinski definition) is 1. The quantitative estimate of drug-likeness (QED) is 0.654. The van der Waals surface area contributed by atoms with E-state index in [1.807, 2.05) is 24.3 Å². The van der Waals surface area contributed by atoms with Crippen LogP contribution in [0.3, 0.4) is 0 Å². The Hall–Kier alpha value is -0.930. The van der Waals surface area contributed by atoms with E-state index in [0.29, 0.717) is 22.7 Å². The zero-order valence-corrected chi connectivity index (χ0v) is 15.8. The van der Waals surface area contributed by atoms with Crippen LogP contribution in [0.4, 0.5) is 0 Å². The zero-order chi connectivity index (χ0) is 16.1. The molecule has 130 valence electrons. The van der Waals surface area contributed by atoms with E-state index in [2.05, 4.69) is 17.4 Å². The van der Waals surface area contributed by atoms with Gasteiger partial charge in [0.1, 0.15) is 12.4 Å². The Morgan fingerprint density at radius 3 is 2.58 bits per heavy atom. The second kappa shape index (κ2) is 9.53. The molecule has 1 fully saturated rings. The summed E-state index contributed by atoms with van der Waals surface area (Å²) in [6.07, 6.45) is 5.29. The van der Waals surface area contributed by atoms with Gasteiger partial charge in [0.15, 0.2) is 0 Å². The van der Waals surface area contributed by atoms with E-state index in [1.165, 1.54) is 31.2 Å². The van der Waals surface area contributed by atoms with E-state index < -0.39 is 0 Å². The van der Waals surface area contributed by atoms with Crippen molar-refractivity contribution in [2.24, 2.45) is 0 Å². The number of halogens is 3. The number of nitrogens with one attached hydrogen (secondary N) is 1. The van der Waals surface area contributed by atoms with Crippen molar-refractivity contribution >= 4 is 35.6 Å². The highest BCUT2D eigenvalue weighted by Crippen LogP contribution is 2.23. The minimum atomic E-state index is 0. The molecule has 3 rings (SSSR count). The van der Waals surface area contributed by atoms with E-state index in [1.54, 1.807) is 6.07 Å². The lowest BCUT2D eigenvalue weighted by Gasteiger charge is -2.13. The van der Waals surface area contributed by atoms with Crippen molar-refractivity contribution in [3.63, 3.8) is 0 Å². The van der Waals surface area contributed by atoms with Crippen molar-refractivity contribution in [1.82, 2.24) is 5.32 Å². The molecule has 0 radical (unpaired) electrons. The molecule has 0 aromatic heterocycles. The van der Waals surface area contributed by atoms with Gasteiger partial charge in [-0.1, -0.05) is 54.2 Å². The fourth-order valence-corrected chi connectivity index (χ4v) is 3.40. The molecule has 24 heavy (non-hydrogen) atoms.